The van der Waals surface area contributed by atoms with Crippen LogP contribution in [0.15, 0.2) is 30.3 Å². The van der Waals surface area contributed by atoms with E-state index >= 15 is 0 Å². The van der Waals surface area contributed by atoms with E-state index in [1.54, 1.807) is 0 Å². The minimum absolute atomic E-state index is 0.0103. The quantitative estimate of drug-likeness (QED) is 0.564. The molecule has 3 heteroatoms. The molecule has 1 saturated heterocycles. The third-order valence-electron chi connectivity index (χ3n) is 1.91. The van der Waals surface area contributed by atoms with E-state index in [1.165, 1.54) is 4.46 Å². The van der Waals surface area contributed by atoms with E-state index in [9.17, 15) is 4.79 Å². The summed E-state index contributed by atoms with van der Waals surface area (Å²) in [4.78, 5) is 11.3. The number of esters is 1. The van der Waals surface area contributed by atoms with Crippen molar-refractivity contribution in [1.29, 1.82) is 0 Å². The molecule has 1 aromatic rings. The monoisotopic (exact) mass is 242 g/mol. The van der Waals surface area contributed by atoms with Crippen LogP contribution in [0.3, 0.4) is 0 Å². The van der Waals surface area contributed by atoms with Crippen molar-refractivity contribution in [3.8, 4) is 0 Å². The molecule has 2 nitrogen and oxygen atoms in total. The topological polar surface area (TPSA) is 26.3 Å². The van der Waals surface area contributed by atoms with Crippen LogP contribution in [-0.2, 0) is 9.53 Å². The van der Waals surface area contributed by atoms with Gasteiger partial charge >= 0.3 is 83.1 Å². The van der Waals surface area contributed by atoms with Gasteiger partial charge in [0.05, 0.1) is 0 Å². The Bertz CT molecular complexity index is 297. The van der Waals surface area contributed by atoms with Crippen LogP contribution in [0.25, 0.3) is 0 Å². The molecular formula is C10H10O2Se. The van der Waals surface area contributed by atoms with Crippen molar-refractivity contribution in [2.45, 2.75) is 11.2 Å². The first-order chi connectivity index (χ1) is 6.36. The fourth-order valence-corrected chi connectivity index (χ4v) is 3.39. The first kappa shape index (κ1) is 8.79. The Hall–Kier alpha value is -0.791. The maximum absolute atomic E-state index is 11.2. The fraction of sp³-hybridized carbons (Fsp3) is 0.300. The second kappa shape index (κ2) is 3.95. The molecular weight excluding hydrogens is 231 g/mol. The zero-order chi connectivity index (χ0) is 9.10. The van der Waals surface area contributed by atoms with Crippen LogP contribution in [0.5, 0.6) is 0 Å². The molecule has 13 heavy (non-hydrogen) atoms. The van der Waals surface area contributed by atoms with Crippen molar-refractivity contribution in [2.75, 3.05) is 6.61 Å². The molecule has 0 N–H and O–H groups in total. The van der Waals surface area contributed by atoms with Crippen LogP contribution in [0.1, 0.15) is 6.42 Å². The molecule has 0 saturated carbocycles. The van der Waals surface area contributed by atoms with Crippen LogP contribution < -0.4 is 4.46 Å². The molecule has 1 fully saturated rings. The molecule has 1 aliphatic heterocycles. The summed E-state index contributed by atoms with van der Waals surface area (Å²) in [7, 11) is 0. The summed E-state index contributed by atoms with van der Waals surface area (Å²) in [5, 5.41) is 0. The number of hydrogen-bond acceptors (Lipinski definition) is 2. The number of cyclic esters (lactones) is 1. The molecule has 0 aromatic heterocycles. The first-order valence-electron chi connectivity index (χ1n) is 4.24. The van der Waals surface area contributed by atoms with Crippen molar-refractivity contribution in [2.24, 2.45) is 0 Å². The molecule has 1 aliphatic rings. The number of carbonyl (C=O) groups excluding carboxylic acids is 1. The van der Waals surface area contributed by atoms with E-state index in [1.807, 2.05) is 18.2 Å². The maximum atomic E-state index is 11.2. The van der Waals surface area contributed by atoms with Crippen molar-refractivity contribution in [1.82, 2.24) is 0 Å². The average Bonchev–Trinajstić information content (AvgIpc) is 2.54. The molecule has 68 valence electrons. The van der Waals surface area contributed by atoms with Gasteiger partial charge in [-0.05, 0) is 0 Å². The van der Waals surface area contributed by atoms with Crippen LogP contribution in [-0.4, -0.2) is 27.5 Å². The average molecular weight is 241 g/mol. The van der Waals surface area contributed by atoms with Gasteiger partial charge in [0.1, 0.15) is 0 Å². The van der Waals surface area contributed by atoms with Crippen molar-refractivity contribution in [3.63, 3.8) is 0 Å². The van der Waals surface area contributed by atoms with E-state index in [-0.39, 0.29) is 25.7 Å². The zero-order valence-corrected chi connectivity index (χ0v) is 8.82. The summed E-state index contributed by atoms with van der Waals surface area (Å²) in [5.41, 5.74) is 0. The molecule has 0 aliphatic carbocycles. The number of hydrogen-bond donors (Lipinski definition) is 0. The summed E-state index contributed by atoms with van der Waals surface area (Å²) >= 11 is 0.245. The van der Waals surface area contributed by atoms with Gasteiger partial charge in [-0.3, -0.25) is 0 Å². The van der Waals surface area contributed by atoms with Crippen molar-refractivity contribution >= 4 is 25.4 Å². The predicted octanol–water partition coefficient (Wildman–Crippen LogP) is 0.751. The van der Waals surface area contributed by atoms with E-state index < -0.39 is 0 Å². The third-order valence-corrected chi connectivity index (χ3v) is 4.55. The van der Waals surface area contributed by atoms with Crippen molar-refractivity contribution in [3.05, 3.63) is 30.3 Å². The molecule has 1 atom stereocenters. The molecule has 0 radical (unpaired) electrons. The first-order valence-corrected chi connectivity index (χ1v) is 6.09. The van der Waals surface area contributed by atoms with E-state index in [0.29, 0.717) is 6.61 Å². The van der Waals surface area contributed by atoms with Crippen molar-refractivity contribution < 1.29 is 9.53 Å². The van der Waals surface area contributed by atoms with E-state index in [2.05, 4.69) is 12.1 Å². The number of benzene rings is 1. The van der Waals surface area contributed by atoms with Gasteiger partial charge in [0.2, 0.25) is 0 Å². The van der Waals surface area contributed by atoms with Crippen LogP contribution in [0, 0.1) is 0 Å². The van der Waals surface area contributed by atoms with Gasteiger partial charge < -0.3 is 0 Å². The molecule has 2 rings (SSSR count). The minimum atomic E-state index is -0.0103. The van der Waals surface area contributed by atoms with Gasteiger partial charge in [-0.25, -0.2) is 0 Å². The SMILES string of the molecule is O=C1OCCC1[Se]c1ccccc1. The van der Waals surface area contributed by atoms with Gasteiger partial charge in [0.25, 0.3) is 0 Å². The number of ether oxygens (including phenoxy) is 1. The number of rotatable bonds is 2. The number of carbonyl (C=O) groups is 1. The second-order valence-electron chi connectivity index (χ2n) is 2.88. The van der Waals surface area contributed by atoms with Gasteiger partial charge in [0.15, 0.2) is 0 Å². The molecule has 1 heterocycles. The Labute approximate surface area is 83.4 Å². The fourth-order valence-electron chi connectivity index (χ4n) is 1.25. The Kier molecular flexibility index (Phi) is 2.67. The Balaban J connectivity index is 2.02. The second-order valence-corrected chi connectivity index (χ2v) is 5.55. The van der Waals surface area contributed by atoms with Gasteiger partial charge in [0, 0.05) is 0 Å². The van der Waals surface area contributed by atoms with E-state index in [4.69, 9.17) is 4.74 Å². The van der Waals surface area contributed by atoms with Gasteiger partial charge in [-0.1, -0.05) is 0 Å². The third kappa shape index (κ3) is 2.11. The summed E-state index contributed by atoms with van der Waals surface area (Å²) in [6.07, 6.45) is 0.897. The Morgan fingerprint density at radius 1 is 1.31 bits per heavy atom. The van der Waals surface area contributed by atoms with Crippen LogP contribution >= 0.6 is 0 Å². The van der Waals surface area contributed by atoms with Gasteiger partial charge in [-0.15, -0.1) is 0 Å². The van der Waals surface area contributed by atoms with E-state index in [0.717, 1.165) is 6.42 Å². The summed E-state index contributed by atoms with van der Waals surface area (Å²) in [5.74, 6) is -0.0103. The van der Waals surface area contributed by atoms with Crippen LogP contribution in [0.2, 0.25) is 4.82 Å². The Morgan fingerprint density at radius 3 is 2.69 bits per heavy atom. The standard InChI is InChI=1S/C10H10O2Se/c11-10-9(6-7-12-10)13-8-4-2-1-3-5-8/h1-5,9H,6-7H2. The summed E-state index contributed by atoms with van der Waals surface area (Å²) in [6, 6.07) is 10.2. The zero-order valence-electron chi connectivity index (χ0n) is 7.10. The molecule has 0 spiro atoms. The summed E-state index contributed by atoms with van der Waals surface area (Å²) < 4.78 is 6.19. The normalized spacial score (nSPS) is 21.5. The molecule has 1 aromatic carbocycles. The molecule has 1 unspecified atom stereocenters. The molecule has 0 amide bonds. The summed E-state index contributed by atoms with van der Waals surface area (Å²) in [6.45, 7) is 0.609. The van der Waals surface area contributed by atoms with Crippen LogP contribution in [0.4, 0.5) is 0 Å². The predicted molar refractivity (Wildman–Crippen MR) is 51.2 cm³/mol. The van der Waals surface area contributed by atoms with Gasteiger partial charge in [-0.2, -0.15) is 0 Å². The molecule has 0 bridgehead atoms. The Morgan fingerprint density at radius 2 is 2.08 bits per heavy atom.